The molecule has 10 aromatic heterocycles. The molecule has 0 aliphatic carbocycles. The molecule has 8 aromatic carbocycles. The average molecular weight is 1990 g/mol. The molecule has 18 aromatic rings. The van der Waals surface area contributed by atoms with E-state index in [9.17, 15) is 45.0 Å². The first kappa shape index (κ1) is 113. The number of thiophene rings is 5. The van der Waals surface area contributed by atoms with Crippen LogP contribution in [0.5, 0.6) is 0 Å². The van der Waals surface area contributed by atoms with Gasteiger partial charge in [0.25, 0.3) is 0 Å². The predicted molar refractivity (Wildman–Crippen MR) is 569 cm³/mol. The summed E-state index contributed by atoms with van der Waals surface area (Å²) in [5.74, 6) is -1.84. The first-order valence-corrected chi connectivity index (χ1v) is 47.0. The molecule has 0 aliphatic rings. The van der Waals surface area contributed by atoms with Crippen molar-refractivity contribution in [3.63, 3.8) is 0 Å². The summed E-state index contributed by atoms with van der Waals surface area (Å²) in [6, 6.07) is 66.5. The molecular weight excluding hydrogens is 1880 g/mol. The van der Waals surface area contributed by atoms with Gasteiger partial charge < -0.3 is 29.9 Å². The molecule has 10 heterocycles. The maximum atomic E-state index is 11.9. The van der Waals surface area contributed by atoms with E-state index in [0.717, 1.165) is 157 Å². The number of hydrogen-bond donors (Lipinski definition) is 2. The minimum Gasteiger partial charge on any atom is -0.870 e. The Balaban J connectivity index is 0.000000263. The molecule has 0 bridgehead atoms. The number of carboxylic acids is 2. The van der Waals surface area contributed by atoms with E-state index in [-0.39, 0.29) is 129 Å². The average Bonchev–Trinajstić information content (AvgIpc) is 1.57. The van der Waals surface area contributed by atoms with Crippen LogP contribution < -0.4 is 18.9 Å². The number of esters is 3. The standard InChI is InChI=1S/2C24H20N2O2S.2C22H16N2O2S.C13H14BrNO2S.6CH4.Li.H2O/c2*1-3-28-23(27)10-15(2)22-11-17-13-26-14-21(24(17)29-22)20-9-8-16(12-25)18-6-4-5-7-19(18)20;2*1-13(8-21(25)26)20-9-15-11-24-12-19(22(15)27-20)18-7-6-14(10-23)16-4-2-3-5-17(16)18;1-3-17-12(16)4-8(2)11-5-9-6-15-7-10(14)13(9)18-11;;;;;;;;/h2*4-9,11,13-15H,3,10H2,1-2H3;2*2-7,9,11-13H,8H2,1H3,(H,25,26);5-8H,3-4H2,1-2H3;6*1H4;;1H2/q;;;;;;;;;;;+1;/p-1/t2*15-;2*13-;;;;;;;;;/m1010........./s1. The molecule has 0 radical (unpaired) electrons. The number of fused-ring (bicyclic) bond motifs is 9. The fourth-order valence-electron chi connectivity index (χ4n) is 15.8. The first-order valence-electron chi connectivity index (χ1n) is 42.1. The summed E-state index contributed by atoms with van der Waals surface area (Å²) in [5.41, 5.74) is 10.9. The monoisotopic (exact) mass is 1990 g/mol. The van der Waals surface area contributed by atoms with Gasteiger partial charge in [-0.25, -0.2) is 0 Å². The number of hydrogen-bond acceptors (Lipinski definition) is 23. The SMILES string of the molecule is C.C.C.C.C.C.CCOC(=O)CC(C)c1cc2cncc(Br)c2s1.CCOC(=O)C[C@@H](C)c1cc2cncc(-c3ccc(C#N)c4ccccc34)c2s1.CCOC(=O)C[C@H](C)c1cc2cncc(-c3ccc(C#N)c4ccccc34)c2s1.C[C@@H](CC(=O)O)c1cc2cncc(-c3ccc(C#N)c4ccccc34)c2s1.C[C@H](CC(=O)O)c1cc2cncc(-c3ccc(C#N)c4ccccc34)c2s1.[Li+].[OH-]. The number of nitrogens with zero attached hydrogens (tertiary/aromatic N) is 9. The number of nitriles is 4. The van der Waals surface area contributed by atoms with Crippen molar-refractivity contribution < 1.29 is 72.7 Å². The van der Waals surface area contributed by atoms with E-state index < -0.39 is 11.9 Å². The second-order valence-electron chi connectivity index (χ2n) is 31.2. The van der Waals surface area contributed by atoms with Crippen molar-refractivity contribution >= 4 is 196 Å². The number of aromatic nitrogens is 5. The van der Waals surface area contributed by atoms with Crippen LogP contribution in [0.4, 0.5) is 0 Å². The van der Waals surface area contributed by atoms with Crippen LogP contribution in [-0.2, 0) is 38.2 Å². The van der Waals surface area contributed by atoms with Crippen LogP contribution in [0.1, 0.15) is 208 Å². The minimum atomic E-state index is -0.795. The Labute approximate surface area is 846 Å². The Kier molecular flexibility index (Phi) is 43.0. The minimum absolute atomic E-state index is 0. The number of carbonyl (C=O) groups is 5. The Morgan fingerprint density at radius 2 is 0.514 bits per heavy atom. The molecule has 0 spiro atoms. The maximum Gasteiger partial charge on any atom is 1.00 e. The third kappa shape index (κ3) is 25.7. The summed E-state index contributed by atoms with van der Waals surface area (Å²) >= 11 is 11.8. The third-order valence-electron chi connectivity index (χ3n) is 22.2. The summed E-state index contributed by atoms with van der Waals surface area (Å²) < 4.78 is 21.8. The van der Waals surface area contributed by atoms with Gasteiger partial charge in [-0.3, -0.25) is 48.9 Å². The zero-order valence-electron chi connectivity index (χ0n) is 73.6. The number of rotatable bonds is 22. The third-order valence-corrected chi connectivity index (χ3v) is 30.2. The second-order valence-corrected chi connectivity index (χ2v) is 37.5. The van der Waals surface area contributed by atoms with Gasteiger partial charge in [-0.15, -0.1) is 56.7 Å². The van der Waals surface area contributed by atoms with Crippen molar-refractivity contribution in [2.75, 3.05) is 19.8 Å². The van der Waals surface area contributed by atoms with Gasteiger partial charge in [-0.05, 0) is 135 Å². The molecule has 3 N–H and O–H groups in total. The molecule has 18 rings (SSSR count). The van der Waals surface area contributed by atoms with Crippen LogP contribution in [0.3, 0.4) is 0 Å². The van der Waals surface area contributed by atoms with Crippen LogP contribution in [0.15, 0.2) is 242 Å². The van der Waals surface area contributed by atoms with Gasteiger partial charge in [0.2, 0.25) is 0 Å². The molecule has 0 saturated carbocycles. The fraction of sp³-hybridized carbons (Fsp3) is 0.243. The molecule has 0 aliphatic heterocycles. The number of benzene rings is 8. The summed E-state index contributed by atoms with van der Waals surface area (Å²) in [4.78, 5) is 84.7. The van der Waals surface area contributed by atoms with Gasteiger partial charge in [-0.1, -0.05) is 201 Å². The number of halogens is 1. The maximum absolute atomic E-state index is 11.9. The van der Waals surface area contributed by atoms with Crippen LogP contribution in [-0.4, -0.2) is 90.3 Å². The summed E-state index contributed by atoms with van der Waals surface area (Å²) in [6.07, 6.45) is 19.8. The van der Waals surface area contributed by atoms with Gasteiger partial charge in [0, 0.05) is 205 Å². The quantitative estimate of drug-likeness (QED) is 0.0361. The van der Waals surface area contributed by atoms with Crippen molar-refractivity contribution in [3.8, 4) is 68.8 Å². The zero-order valence-corrected chi connectivity index (χ0v) is 79.3. The Morgan fingerprint density at radius 1 is 0.312 bits per heavy atom. The van der Waals surface area contributed by atoms with Crippen LogP contribution >= 0.6 is 72.6 Å². The van der Waals surface area contributed by atoms with E-state index in [1.807, 2.05) is 269 Å². The molecule has 5 atom stereocenters. The Bertz CT molecular complexity index is 7160. The van der Waals surface area contributed by atoms with Crippen LogP contribution in [0.2, 0.25) is 0 Å². The molecule has 27 heteroatoms. The largest absolute Gasteiger partial charge is 1.00 e. The number of aliphatic carboxylic acids is 2. The Hall–Kier alpha value is -13.3. The topological polar surface area (TPSA) is 343 Å². The molecular formula is C111H111BrLiN9O11S5. The normalized spacial score (nSPS) is 11.5. The number of carboxylic acid groups (broad SMARTS) is 2. The van der Waals surface area contributed by atoms with E-state index in [1.54, 1.807) is 62.9 Å². The van der Waals surface area contributed by atoms with Gasteiger partial charge >= 0.3 is 48.7 Å². The molecule has 0 saturated heterocycles. The Morgan fingerprint density at radius 3 is 0.725 bits per heavy atom. The van der Waals surface area contributed by atoms with E-state index in [4.69, 9.17) is 24.4 Å². The fourth-order valence-corrected chi connectivity index (χ4v) is 22.3. The van der Waals surface area contributed by atoms with Crippen LogP contribution in [0, 0.1) is 45.3 Å². The predicted octanol–water partition coefficient (Wildman–Crippen LogP) is 28.0. The molecule has 20 nitrogen and oxygen atoms in total. The smallest absolute Gasteiger partial charge is 0.870 e. The van der Waals surface area contributed by atoms with Crippen molar-refractivity contribution in [2.45, 2.75) is 162 Å². The van der Waals surface area contributed by atoms with Gasteiger partial charge in [0.05, 0.1) is 108 Å². The molecule has 138 heavy (non-hydrogen) atoms. The summed E-state index contributed by atoms with van der Waals surface area (Å²) in [6.45, 7) is 16.7. The van der Waals surface area contributed by atoms with E-state index in [0.29, 0.717) is 61.3 Å². The summed E-state index contributed by atoms with van der Waals surface area (Å²) in [7, 11) is 0. The number of ether oxygens (including phenoxy) is 3. The van der Waals surface area contributed by atoms with Crippen LogP contribution in [0.25, 0.3) is 138 Å². The molecule has 0 amide bonds. The van der Waals surface area contributed by atoms with Crippen molar-refractivity contribution in [1.29, 1.82) is 21.0 Å². The van der Waals surface area contributed by atoms with E-state index in [2.05, 4.69) is 83.3 Å². The van der Waals surface area contributed by atoms with Gasteiger partial charge in [0.1, 0.15) is 0 Å². The first-order chi connectivity index (χ1) is 63.0. The van der Waals surface area contributed by atoms with Crippen molar-refractivity contribution in [2.24, 2.45) is 0 Å². The van der Waals surface area contributed by atoms with Gasteiger partial charge in [0.15, 0.2) is 0 Å². The number of carbonyl (C=O) groups excluding carboxylic acids is 3. The molecule has 0 fully saturated rings. The van der Waals surface area contributed by atoms with Crippen molar-refractivity contribution in [1.82, 2.24) is 24.9 Å². The van der Waals surface area contributed by atoms with Crippen molar-refractivity contribution in [3.05, 3.63) is 289 Å². The number of pyridine rings is 5. The second kappa shape index (κ2) is 52.3. The zero-order chi connectivity index (χ0) is 91.8. The van der Waals surface area contributed by atoms with Gasteiger partial charge in [-0.2, -0.15) is 21.0 Å². The molecule has 1 unspecified atom stereocenters. The molecule has 704 valence electrons. The van der Waals surface area contributed by atoms with E-state index in [1.165, 1.54) is 9.58 Å². The summed E-state index contributed by atoms with van der Waals surface area (Å²) in [5, 5.41) is 68.9. The van der Waals surface area contributed by atoms with E-state index >= 15 is 0 Å².